The number of hydrogen-bond acceptors (Lipinski definition) is 2. The van der Waals surface area contributed by atoms with Crippen LogP contribution in [0.3, 0.4) is 0 Å². The first-order chi connectivity index (χ1) is 24.3. The number of hydrogen-bond donors (Lipinski definition) is 0. The van der Waals surface area contributed by atoms with Gasteiger partial charge < -0.3 is 9.47 Å². The monoisotopic (exact) mass is 642 g/mol. The van der Waals surface area contributed by atoms with Gasteiger partial charge in [0.05, 0.1) is 21.4 Å². The van der Waals surface area contributed by atoms with Gasteiger partial charge in [0.15, 0.2) is 0 Å². The summed E-state index contributed by atoms with van der Waals surface area (Å²) in [4.78, 5) is 2.50. The van der Waals surface area contributed by atoms with Crippen molar-refractivity contribution in [1.29, 1.82) is 0 Å². The molecular formula is C46H30N2S. The lowest BCUT2D eigenvalue weighted by Gasteiger charge is -2.28. The van der Waals surface area contributed by atoms with Gasteiger partial charge in [-0.1, -0.05) is 121 Å². The Hall–Kier alpha value is -6.16. The molecule has 3 heteroatoms. The van der Waals surface area contributed by atoms with Gasteiger partial charge in [-0.2, -0.15) is 0 Å². The van der Waals surface area contributed by atoms with Crippen LogP contribution in [0.2, 0.25) is 0 Å². The molecule has 0 unspecified atom stereocenters. The first kappa shape index (κ1) is 27.9. The van der Waals surface area contributed by atoms with E-state index in [1.165, 1.54) is 69.6 Å². The lowest BCUT2D eigenvalue weighted by atomic mass is 10.0. The van der Waals surface area contributed by atoms with E-state index in [1.807, 2.05) is 11.3 Å². The molecule has 10 aromatic rings. The third-order valence-electron chi connectivity index (χ3n) is 9.73. The molecule has 0 saturated heterocycles. The standard InChI is InChI=1S/C46H30N2S/c1-3-14-31(15-4-1)32-17-13-20-35(28-32)47(45-37-21-8-7-16-33(37)29-41-39-23-10-12-25-44(39)49-46(41)45)36-26-27-43-40(30-36)38-22-9-11-24-42(38)48(43)34-18-5-2-6-19-34/h1-30H. The molecule has 0 aliphatic rings. The number of para-hydroxylation sites is 2. The van der Waals surface area contributed by atoms with Crippen molar-refractivity contribution >= 4 is 81.1 Å². The molecule has 2 heterocycles. The van der Waals surface area contributed by atoms with Crippen LogP contribution in [0.4, 0.5) is 17.1 Å². The zero-order valence-electron chi connectivity index (χ0n) is 26.6. The molecule has 0 aliphatic heterocycles. The van der Waals surface area contributed by atoms with E-state index >= 15 is 0 Å². The molecule has 0 bridgehead atoms. The first-order valence-corrected chi connectivity index (χ1v) is 17.5. The number of fused-ring (bicyclic) bond motifs is 7. The number of rotatable bonds is 5. The van der Waals surface area contributed by atoms with E-state index < -0.39 is 0 Å². The molecular weight excluding hydrogens is 613 g/mol. The van der Waals surface area contributed by atoms with Gasteiger partial charge >= 0.3 is 0 Å². The second-order valence-electron chi connectivity index (χ2n) is 12.6. The fraction of sp³-hybridized carbons (Fsp3) is 0. The van der Waals surface area contributed by atoms with Crippen molar-refractivity contribution in [3.63, 3.8) is 0 Å². The van der Waals surface area contributed by atoms with Crippen molar-refractivity contribution < 1.29 is 0 Å². The van der Waals surface area contributed by atoms with Gasteiger partial charge in [0, 0.05) is 48.7 Å². The highest BCUT2D eigenvalue weighted by Gasteiger charge is 2.23. The van der Waals surface area contributed by atoms with Crippen LogP contribution >= 0.6 is 11.3 Å². The zero-order chi connectivity index (χ0) is 32.3. The minimum Gasteiger partial charge on any atom is -0.309 e. The largest absolute Gasteiger partial charge is 0.309 e. The predicted molar refractivity (Wildman–Crippen MR) is 211 cm³/mol. The Kier molecular flexibility index (Phi) is 6.39. The molecule has 0 saturated carbocycles. The molecule has 0 aliphatic carbocycles. The zero-order valence-corrected chi connectivity index (χ0v) is 27.4. The Bertz CT molecular complexity index is 2830. The lowest BCUT2D eigenvalue weighted by Crippen LogP contribution is -2.11. The molecule has 0 fully saturated rings. The number of thiophene rings is 1. The summed E-state index contributed by atoms with van der Waals surface area (Å²) in [5.74, 6) is 0. The smallest absolute Gasteiger partial charge is 0.0718 e. The van der Waals surface area contributed by atoms with E-state index in [0.717, 1.165) is 17.1 Å². The SMILES string of the molecule is c1ccc(-c2cccc(N(c3ccc4c(c3)c3ccccc3n4-c3ccccc3)c3c4ccccc4cc4c3sc3ccccc34)c2)cc1. The summed E-state index contributed by atoms with van der Waals surface area (Å²) in [5.41, 5.74) is 9.43. The highest BCUT2D eigenvalue weighted by atomic mass is 32.1. The van der Waals surface area contributed by atoms with Gasteiger partial charge in [0.2, 0.25) is 0 Å². The molecule has 8 aromatic carbocycles. The molecule has 230 valence electrons. The summed E-state index contributed by atoms with van der Waals surface area (Å²) in [5, 5.41) is 7.53. The number of benzene rings is 8. The highest BCUT2D eigenvalue weighted by Crippen LogP contribution is 2.49. The lowest BCUT2D eigenvalue weighted by molar-refractivity contribution is 1.18. The maximum Gasteiger partial charge on any atom is 0.0718 e. The van der Waals surface area contributed by atoms with Crippen molar-refractivity contribution in [1.82, 2.24) is 4.57 Å². The number of aromatic nitrogens is 1. The van der Waals surface area contributed by atoms with E-state index in [1.54, 1.807) is 0 Å². The summed E-state index contributed by atoms with van der Waals surface area (Å²) in [7, 11) is 0. The van der Waals surface area contributed by atoms with Crippen LogP contribution in [0.15, 0.2) is 182 Å². The maximum absolute atomic E-state index is 2.50. The van der Waals surface area contributed by atoms with Gasteiger partial charge in [-0.15, -0.1) is 11.3 Å². The van der Waals surface area contributed by atoms with Crippen molar-refractivity contribution in [2.45, 2.75) is 0 Å². The predicted octanol–water partition coefficient (Wildman–Crippen LogP) is 13.4. The second-order valence-corrected chi connectivity index (χ2v) is 13.6. The molecule has 0 radical (unpaired) electrons. The highest BCUT2D eigenvalue weighted by molar-refractivity contribution is 7.26. The fourth-order valence-corrected chi connectivity index (χ4v) is 8.77. The van der Waals surface area contributed by atoms with Crippen molar-refractivity contribution in [3.05, 3.63) is 182 Å². The Labute approximate surface area is 288 Å². The topological polar surface area (TPSA) is 8.17 Å². The summed E-state index contributed by atoms with van der Waals surface area (Å²) >= 11 is 1.88. The van der Waals surface area contributed by atoms with Gasteiger partial charge in [0.25, 0.3) is 0 Å². The third-order valence-corrected chi connectivity index (χ3v) is 10.9. The van der Waals surface area contributed by atoms with E-state index in [2.05, 4.69) is 191 Å². The van der Waals surface area contributed by atoms with Crippen LogP contribution in [0.5, 0.6) is 0 Å². The fourth-order valence-electron chi connectivity index (χ4n) is 7.54. The minimum atomic E-state index is 1.13. The van der Waals surface area contributed by atoms with E-state index in [9.17, 15) is 0 Å². The van der Waals surface area contributed by atoms with Gasteiger partial charge in [-0.05, 0) is 77.2 Å². The van der Waals surface area contributed by atoms with Crippen LogP contribution in [0, 0.1) is 0 Å². The average molecular weight is 643 g/mol. The molecule has 2 aromatic heterocycles. The van der Waals surface area contributed by atoms with E-state index in [4.69, 9.17) is 0 Å². The Morgan fingerprint density at radius 3 is 1.92 bits per heavy atom. The summed E-state index contributed by atoms with van der Waals surface area (Å²) in [6, 6.07) is 66.2. The second kappa shape index (κ2) is 11.2. The third kappa shape index (κ3) is 4.47. The van der Waals surface area contributed by atoms with Gasteiger partial charge in [-0.3, -0.25) is 0 Å². The molecule has 0 N–H and O–H groups in total. The van der Waals surface area contributed by atoms with Crippen molar-refractivity contribution in [3.8, 4) is 16.8 Å². The Morgan fingerprint density at radius 1 is 0.408 bits per heavy atom. The van der Waals surface area contributed by atoms with Gasteiger partial charge in [-0.25, -0.2) is 0 Å². The molecule has 0 atom stereocenters. The van der Waals surface area contributed by atoms with Gasteiger partial charge in [0.1, 0.15) is 0 Å². The van der Waals surface area contributed by atoms with E-state index in [-0.39, 0.29) is 0 Å². The first-order valence-electron chi connectivity index (χ1n) is 16.7. The van der Waals surface area contributed by atoms with Crippen LogP contribution in [0.1, 0.15) is 0 Å². The average Bonchev–Trinajstić information content (AvgIpc) is 3.71. The molecule has 2 nitrogen and oxygen atoms in total. The van der Waals surface area contributed by atoms with Crippen LogP contribution < -0.4 is 4.90 Å². The summed E-state index contributed by atoms with van der Waals surface area (Å²) in [6.07, 6.45) is 0. The maximum atomic E-state index is 2.50. The number of nitrogens with zero attached hydrogens (tertiary/aromatic N) is 2. The van der Waals surface area contributed by atoms with Crippen molar-refractivity contribution in [2.24, 2.45) is 0 Å². The minimum absolute atomic E-state index is 1.13. The molecule has 10 rings (SSSR count). The summed E-state index contributed by atoms with van der Waals surface area (Å²) < 4.78 is 4.97. The van der Waals surface area contributed by atoms with E-state index in [0.29, 0.717) is 0 Å². The molecule has 0 spiro atoms. The van der Waals surface area contributed by atoms with Crippen LogP contribution in [-0.2, 0) is 0 Å². The molecule has 49 heavy (non-hydrogen) atoms. The molecule has 0 amide bonds. The Balaban J connectivity index is 1.31. The van der Waals surface area contributed by atoms with Crippen LogP contribution in [-0.4, -0.2) is 4.57 Å². The van der Waals surface area contributed by atoms with Crippen LogP contribution in [0.25, 0.3) is 69.6 Å². The normalized spacial score (nSPS) is 11.7. The van der Waals surface area contributed by atoms with Crippen molar-refractivity contribution in [2.75, 3.05) is 4.90 Å². The Morgan fingerprint density at radius 2 is 1.06 bits per heavy atom. The number of anilines is 3. The summed E-state index contributed by atoms with van der Waals surface area (Å²) in [6.45, 7) is 0. The quantitative estimate of drug-likeness (QED) is 0.181.